The minimum absolute atomic E-state index is 0.0227. The van der Waals surface area contributed by atoms with Gasteiger partial charge in [0.15, 0.2) is 0 Å². The maximum atomic E-state index is 15.0. The Morgan fingerprint density at radius 3 is 2.75 bits per heavy atom. The fourth-order valence-corrected chi connectivity index (χ4v) is 4.02. The molecule has 3 aromatic rings. The number of amides is 2. The topological polar surface area (TPSA) is 149 Å². The second kappa shape index (κ2) is 9.55. The van der Waals surface area contributed by atoms with E-state index in [2.05, 4.69) is 31.0 Å². The molecule has 0 radical (unpaired) electrons. The number of fused-ring (bicyclic) bond motifs is 1. The van der Waals surface area contributed by atoms with E-state index in [1.165, 1.54) is 6.20 Å². The van der Waals surface area contributed by atoms with Gasteiger partial charge in [0.25, 0.3) is 11.8 Å². The zero-order valence-corrected chi connectivity index (χ0v) is 20.1. The average Bonchev–Trinajstić information content (AvgIpc) is 3.17. The Morgan fingerprint density at radius 1 is 1.25 bits per heavy atom. The van der Waals surface area contributed by atoms with Gasteiger partial charge in [0.2, 0.25) is 5.95 Å². The number of rotatable bonds is 6. The van der Waals surface area contributed by atoms with E-state index in [1.54, 1.807) is 43.6 Å². The molecule has 0 spiro atoms. The number of anilines is 3. The molecule has 3 aromatic heterocycles. The second-order valence-corrected chi connectivity index (χ2v) is 9.56. The highest BCUT2D eigenvalue weighted by molar-refractivity contribution is 5.98. The summed E-state index contributed by atoms with van der Waals surface area (Å²) in [5.74, 6) is -4.11. The van der Waals surface area contributed by atoms with Gasteiger partial charge in [-0.3, -0.25) is 4.79 Å². The molecule has 1 fully saturated rings. The van der Waals surface area contributed by atoms with Crippen molar-refractivity contribution in [3.63, 3.8) is 0 Å². The molecule has 13 heteroatoms. The first-order valence-electron chi connectivity index (χ1n) is 11.4. The summed E-state index contributed by atoms with van der Waals surface area (Å²) in [7, 11) is 0. The Morgan fingerprint density at radius 2 is 2.03 bits per heavy atom. The molecule has 1 saturated carbocycles. The summed E-state index contributed by atoms with van der Waals surface area (Å²) in [5, 5.41) is 12.4. The molecule has 1 aliphatic carbocycles. The number of halogens is 2. The molecule has 2 amide bonds. The van der Waals surface area contributed by atoms with E-state index < -0.39 is 35.6 Å². The third-order valence-corrected chi connectivity index (χ3v) is 5.60. The van der Waals surface area contributed by atoms with Gasteiger partial charge in [0, 0.05) is 18.8 Å². The number of hydrogen-bond donors (Lipinski definition) is 4. The van der Waals surface area contributed by atoms with Crippen LogP contribution in [-0.2, 0) is 4.74 Å². The summed E-state index contributed by atoms with van der Waals surface area (Å²) in [5.41, 5.74) is 5.88. The molecular formula is C23H28F2N8O3. The van der Waals surface area contributed by atoms with Crippen molar-refractivity contribution >= 4 is 35.0 Å². The number of alkyl carbamates (subject to hydrolysis) is 1. The third kappa shape index (κ3) is 5.61. The lowest BCUT2D eigenvalue weighted by Gasteiger charge is -2.38. The maximum Gasteiger partial charge on any atom is 0.407 e. The van der Waals surface area contributed by atoms with Gasteiger partial charge in [-0.05, 0) is 45.7 Å². The van der Waals surface area contributed by atoms with Crippen LogP contribution in [0.2, 0.25) is 0 Å². The van der Waals surface area contributed by atoms with E-state index in [-0.39, 0.29) is 30.2 Å². The first kappa shape index (κ1) is 25.1. The quantitative estimate of drug-likeness (QED) is 0.400. The summed E-state index contributed by atoms with van der Waals surface area (Å²) in [6.07, 6.45) is 3.79. The number of ether oxygens (including phenoxy) is 1. The number of nitrogens with one attached hydrogen (secondary N) is 3. The van der Waals surface area contributed by atoms with Crippen molar-refractivity contribution in [1.82, 2.24) is 24.9 Å². The van der Waals surface area contributed by atoms with Crippen molar-refractivity contribution < 1.29 is 23.1 Å². The highest BCUT2D eigenvalue weighted by Crippen LogP contribution is 2.36. The zero-order valence-electron chi connectivity index (χ0n) is 20.1. The Bertz CT molecular complexity index is 1270. The Balaban J connectivity index is 1.61. The van der Waals surface area contributed by atoms with Crippen LogP contribution < -0.4 is 21.7 Å². The summed E-state index contributed by atoms with van der Waals surface area (Å²) in [6, 6.07) is 2.96. The number of nitrogens with zero attached hydrogens (tertiary/aromatic N) is 4. The number of nitrogens with two attached hydrogens (primary N) is 1. The predicted octanol–water partition coefficient (Wildman–Crippen LogP) is 3.46. The summed E-state index contributed by atoms with van der Waals surface area (Å²) >= 11 is 0. The van der Waals surface area contributed by atoms with E-state index in [4.69, 9.17) is 10.5 Å². The maximum absolute atomic E-state index is 15.0. The largest absolute Gasteiger partial charge is 0.444 e. The molecule has 3 heterocycles. The van der Waals surface area contributed by atoms with Crippen LogP contribution in [-0.4, -0.2) is 55.2 Å². The van der Waals surface area contributed by atoms with Crippen LogP contribution in [0.4, 0.5) is 31.0 Å². The number of carbonyl (C=O) groups excluding carboxylic acids is 2. The lowest BCUT2D eigenvalue weighted by Crippen LogP contribution is -2.58. The van der Waals surface area contributed by atoms with Gasteiger partial charge in [-0.2, -0.15) is 10.1 Å². The van der Waals surface area contributed by atoms with Crippen molar-refractivity contribution in [2.75, 3.05) is 10.6 Å². The zero-order chi connectivity index (χ0) is 26.1. The number of primary amides is 1. The van der Waals surface area contributed by atoms with Gasteiger partial charge in [-0.25, -0.2) is 23.1 Å². The molecule has 0 aliphatic heterocycles. The predicted molar refractivity (Wildman–Crippen MR) is 128 cm³/mol. The van der Waals surface area contributed by atoms with Crippen molar-refractivity contribution in [2.45, 2.75) is 63.6 Å². The monoisotopic (exact) mass is 502 g/mol. The first-order valence-corrected chi connectivity index (χ1v) is 11.4. The summed E-state index contributed by atoms with van der Waals surface area (Å²) < 4.78 is 36.8. The van der Waals surface area contributed by atoms with E-state index in [1.807, 2.05) is 6.07 Å². The fourth-order valence-electron chi connectivity index (χ4n) is 4.02. The molecule has 2 atom stereocenters. The van der Waals surface area contributed by atoms with Gasteiger partial charge in [0.1, 0.15) is 23.0 Å². The highest BCUT2D eigenvalue weighted by atomic mass is 19.3. The highest BCUT2D eigenvalue weighted by Gasteiger charge is 2.48. The molecule has 192 valence electrons. The third-order valence-electron chi connectivity index (χ3n) is 5.60. The second-order valence-electron chi connectivity index (χ2n) is 9.56. The first-order chi connectivity index (χ1) is 16.9. The van der Waals surface area contributed by atoms with Crippen LogP contribution in [0.25, 0.3) is 5.52 Å². The molecule has 11 nitrogen and oxygen atoms in total. The Labute approximate surface area is 205 Å². The van der Waals surface area contributed by atoms with Gasteiger partial charge >= 0.3 is 6.09 Å². The summed E-state index contributed by atoms with van der Waals surface area (Å²) in [6.45, 7) is 5.05. The normalized spacial score (nSPS) is 19.5. The lowest BCUT2D eigenvalue weighted by atomic mass is 9.87. The molecule has 4 rings (SSSR count). The number of alkyl halides is 2. The minimum Gasteiger partial charge on any atom is -0.444 e. The van der Waals surface area contributed by atoms with E-state index in [0.29, 0.717) is 17.6 Å². The van der Waals surface area contributed by atoms with Gasteiger partial charge in [-0.15, -0.1) is 0 Å². The van der Waals surface area contributed by atoms with Gasteiger partial charge in [-0.1, -0.05) is 6.07 Å². The molecule has 0 aromatic carbocycles. The van der Waals surface area contributed by atoms with Crippen molar-refractivity contribution in [1.29, 1.82) is 0 Å². The van der Waals surface area contributed by atoms with Crippen LogP contribution in [0.15, 0.2) is 36.8 Å². The summed E-state index contributed by atoms with van der Waals surface area (Å²) in [4.78, 5) is 32.6. The number of carbonyl (C=O) groups is 2. The van der Waals surface area contributed by atoms with E-state index in [9.17, 15) is 18.4 Å². The average molecular weight is 503 g/mol. The SMILES string of the molecule is CC(C)(C)OC(=O)N[C@H]1CCCC(F)(F)[C@H]1Nc1ncc(C(N)=O)c(Nc2cnn3ccccc23)n1. The van der Waals surface area contributed by atoms with Gasteiger partial charge in [0.05, 0.1) is 23.4 Å². The van der Waals surface area contributed by atoms with Crippen molar-refractivity contribution in [3.05, 3.63) is 42.4 Å². The van der Waals surface area contributed by atoms with Crippen molar-refractivity contribution in [3.8, 4) is 0 Å². The number of hydrogen-bond acceptors (Lipinski definition) is 8. The van der Waals surface area contributed by atoms with Crippen LogP contribution >= 0.6 is 0 Å². The number of aromatic nitrogens is 4. The Hall–Kier alpha value is -4.03. The Kier molecular flexibility index (Phi) is 6.65. The molecule has 1 aliphatic rings. The van der Waals surface area contributed by atoms with Crippen LogP contribution in [0.3, 0.4) is 0 Å². The molecule has 36 heavy (non-hydrogen) atoms. The molecule has 5 N–H and O–H groups in total. The molecule has 0 unspecified atom stereocenters. The minimum atomic E-state index is -3.17. The molecular weight excluding hydrogens is 474 g/mol. The van der Waals surface area contributed by atoms with E-state index >= 15 is 0 Å². The van der Waals surface area contributed by atoms with Crippen LogP contribution in [0, 0.1) is 0 Å². The van der Waals surface area contributed by atoms with Crippen molar-refractivity contribution in [2.24, 2.45) is 5.73 Å². The fraction of sp³-hybridized carbons (Fsp3) is 0.435. The van der Waals surface area contributed by atoms with E-state index in [0.717, 1.165) is 6.20 Å². The molecule has 0 saturated heterocycles. The smallest absolute Gasteiger partial charge is 0.407 e. The lowest BCUT2D eigenvalue weighted by molar-refractivity contribution is -0.0564. The van der Waals surface area contributed by atoms with Crippen LogP contribution in [0.5, 0.6) is 0 Å². The van der Waals surface area contributed by atoms with Crippen LogP contribution in [0.1, 0.15) is 50.4 Å². The van der Waals surface area contributed by atoms with Gasteiger partial charge < -0.3 is 26.4 Å². The molecule has 0 bridgehead atoms. The number of pyridine rings is 1. The standard InChI is InChI=1S/C23H28F2N8O3/c1-22(2,3)36-21(35)30-14-7-6-9-23(24,25)17(14)31-20-27-11-13(18(26)34)19(32-20)29-15-12-28-33-10-5-4-8-16(15)33/h4-5,8,10-12,14,17H,6-7,9H2,1-3H3,(H2,26,34)(H,30,35)(H2,27,29,31,32)/t14-,17-/m0/s1.